The van der Waals surface area contributed by atoms with E-state index in [0.29, 0.717) is 5.69 Å². The monoisotopic (exact) mass is 273 g/mol. The van der Waals surface area contributed by atoms with Gasteiger partial charge >= 0.3 is 0 Å². The lowest BCUT2D eigenvalue weighted by Gasteiger charge is -2.17. The van der Waals surface area contributed by atoms with Crippen LogP contribution < -0.4 is 4.31 Å². The summed E-state index contributed by atoms with van der Waals surface area (Å²) in [6.07, 6.45) is 4.53. The maximum Gasteiger partial charge on any atom is 0.236 e. The van der Waals surface area contributed by atoms with Crippen LogP contribution in [0.25, 0.3) is 6.08 Å². The molecule has 0 N–H and O–H groups in total. The molecule has 0 heterocycles. The van der Waals surface area contributed by atoms with Crippen LogP contribution in [0.3, 0.4) is 0 Å². The fraction of sp³-hybridized carbons (Fsp3) is 0.0667. The number of anilines is 1. The van der Waals surface area contributed by atoms with Gasteiger partial charge in [0.1, 0.15) is 0 Å². The average molecular weight is 273 g/mol. The second-order valence-electron chi connectivity index (χ2n) is 4.12. The molecule has 2 aromatic carbocycles. The first-order chi connectivity index (χ1) is 9.07. The van der Waals surface area contributed by atoms with E-state index in [1.807, 2.05) is 48.5 Å². The predicted molar refractivity (Wildman–Crippen MR) is 79.2 cm³/mol. The number of benzene rings is 2. The molecular formula is C15H15NO2S. The van der Waals surface area contributed by atoms with E-state index in [9.17, 15) is 8.42 Å². The Balaban J connectivity index is 2.34. The van der Waals surface area contributed by atoms with Gasteiger partial charge in [-0.25, -0.2) is 12.7 Å². The average Bonchev–Trinajstić information content (AvgIpc) is 2.40. The standard InChI is InChI=1S/C15H15NO2S/c1-19(17,18)16(15-10-6-3-7-11-15)13-12-14-8-4-2-5-9-14/h2-13H,1H3/b13-12+. The highest BCUT2D eigenvalue weighted by Gasteiger charge is 2.13. The fourth-order valence-electron chi connectivity index (χ4n) is 1.68. The molecule has 0 saturated heterocycles. The second-order valence-corrected chi connectivity index (χ2v) is 5.98. The molecule has 0 atom stereocenters. The van der Waals surface area contributed by atoms with Gasteiger partial charge in [0.05, 0.1) is 11.9 Å². The minimum Gasteiger partial charge on any atom is -0.246 e. The van der Waals surface area contributed by atoms with Gasteiger partial charge in [-0.3, -0.25) is 0 Å². The van der Waals surface area contributed by atoms with E-state index in [2.05, 4.69) is 0 Å². The van der Waals surface area contributed by atoms with Gasteiger partial charge in [-0.1, -0.05) is 48.5 Å². The zero-order chi connectivity index (χ0) is 13.7. The minimum absolute atomic E-state index is 0.622. The van der Waals surface area contributed by atoms with Crippen molar-refractivity contribution in [3.63, 3.8) is 0 Å². The fourth-order valence-corrected chi connectivity index (χ4v) is 2.47. The molecule has 0 fully saturated rings. The van der Waals surface area contributed by atoms with Crippen LogP contribution in [-0.2, 0) is 10.0 Å². The Hall–Kier alpha value is -2.07. The summed E-state index contributed by atoms with van der Waals surface area (Å²) >= 11 is 0. The summed E-state index contributed by atoms with van der Waals surface area (Å²) in [5, 5.41) is 0. The van der Waals surface area contributed by atoms with Gasteiger partial charge in [-0.15, -0.1) is 0 Å². The van der Waals surface area contributed by atoms with Crippen molar-refractivity contribution < 1.29 is 8.42 Å². The Morgan fingerprint density at radius 3 is 1.95 bits per heavy atom. The Morgan fingerprint density at radius 1 is 0.895 bits per heavy atom. The molecule has 0 saturated carbocycles. The minimum atomic E-state index is -3.34. The topological polar surface area (TPSA) is 37.4 Å². The molecule has 0 amide bonds. The van der Waals surface area contributed by atoms with Crippen LogP contribution in [0.2, 0.25) is 0 Å². The normalized spacial score (nSPS) is 11.6. The van der Waals surface area contributed by atoms with Gasteiger partial charge in [-0.05, 0) is 23.8 Å². The van der Waals surface area contributed by atoms with E-state index in [0.717, 1.165) is 5.56 Å². The first kappa shape index (κ1) is 13.4. The molecular weight excluding hydrogens is 258 g/mol. The Kier molecular flexibility index (Phi) is 4.02. The number of hydrogen-bond acceptors (Lipinski definition) is 2. The van der Waals surface area contributed by atoms with Crippen LogP contribution in [-0.4, -0.2) is 14.7 Å². The summed E-state index contributed by atoms with van der Waals surface area (Å²) in [6, 6.07) is 18.6. The Labute approximate surface area is 113 Å². The SMILES string of the molecule is CS(=O)(=O)N(/C=C/c1ccccc1)c1ccccc1. The summed E-state index contributed by atoms with van der Waals surface area (Å²) in [5.74, 6) is 0. The van der Waals surface area contributed by atoms with Crippen molar-refractivity contribution in [1.82, 2.24) is 0 Å². The second kappa shape index (κ2) is 5.71. The molecule has 0 radical (unpaired) electrons. The summed E-state index contributed by atoms with van der Waals surface area (Å²) < 4.78 is 24.9. The van der Waals surface area contributed by atoms with Gasteiger partial charge in [0.15, 0.2) is 0 Å². The molecule has 19 heavy (non-hydrogen) atoms. The van der Waals surface area contributed by atoms with Crippen LogP contribution in [0, 0.1) is 0 Å². The molecule has 4 heteroatoms. The Morgan fingerprint density at radius 2 is 1.42 bits per heavy atom. The molecule has 0 aromatic heterocycles. The molecule has 0 aliphatic carbocycles. The third-order valence-corrected chi connectivity index (χ3v) is 3.62. The van der Waals surface area contributed by atoms with Gasteiger partial charge < -0.3 is 0 Å². The van der Waals surface area contributed by atoms with Gasteiger partial charge in [-0.2, -0.15) is 0 Å². The highest BCUT2D eigenvalue weighted by molar-refractivity contribution is 7.92. The Bertz CT molecular complexity index is 649. The number of sulfonamides is 1. The zero-order valence-corrected chi connectivity index (χ0v) is 11.4. The maximum atomic E-state index is 11.8. The van der Waals surface area contributed by atoms with E-state index >= 15 is 0 Å². The molecule has 0 aliphatic heterocycles. The predicted octanol–water partition coefficient (Wildman–Crippen LogP) is 3.12. The molecule has 3 nitrogen and oxygen atoms in total. The summed E-state index contributed by atoms with van der Waals surface area (Å²) in [6.45, 7) is 0. The maximum absolute atomic E-state index is 11.8. The van der Waals surface area contributed by atoms with E-state index in [4.69, 9.17) is 0 Å². The lowest BCUT2D eigenvalue weighted by molar-refractivity contribution is 0.601. The van der Waals surface area contributed by atoms with Crippen molar-refractivity contribution in [1.29, 1.82) is 0 Å². The molecule has 0 aliphatic rings. The summed E-state index contributed by atoms with van der Waals surface area (Å²) in [4.78, 5) is 0. The van der Waals surface area contributed by atoms with Crippen molar-refractivity contribution >= 4 is 21.8 Å². The molecule has 2 aromatic rings. The molecule has 0 unspecified atom stereocenters. The van der Waals surface area contributed by atoms with Crippen LogP contribution in [0.15, 0.2) is 66.9 Å². The van der Waals surface area contributed by atoms with E-state index in [1.165, 1.54) is 10.6 Å². The van der Waals surface area contributed by atoms with Gasteiger partial charge in [0.25, 0.3) is 0 Å². The zero-order valence-electron chi connectivity index (χ0n) is 10.6. The summed E-state index contributed by atoms with van der Waals surface area (Å²) in [5.41, 5.74) is 1.57. The first-order valence-corrected chi connectivity index (χ1v) is 7.70. The number of rotatable bonds is 4. The smallest absolute Gasteiger partial charge is 0.236 e. The van der Waals surface area contributed by atoms with E-state index in [-0.39, 0.29) is 0 Å². The number of para-hydroxylation sites is 1. The van der Waals surface area contributed by atoms with Crippen LogP contribution in [0.1, 0.15) is 5.56 Å². The highest BCUT2D eigenvalue weighted by atomic mass is 32.2. The lowest BCUT2D eigenvalue weighted by atomic mass is 10.2. The molecule has 98 valence electrons. The van der Waals surface area contributed by atoms with Crippen LogP contribution >= 0.6 is 0 Å². The largest absolute Gasteiger partial charge is 0.246 e. The molecule has 0 bridgehead atoms. The highest BCUT2D eigenvalue weighted by Crippen LogP contribution is 2.18. The van der Waals surface area contributed by atoms with Crippen molar-refractivity contribution in [2.75, 3.05) is 10.6 Å². The third kappa shape index (κ3) is 3.69. The summed E-state index contributed by atoms with van der Waals surface area (Å²) in [7, 11) is -3.34. The van der Waals surface area contributed by atoms with Crippen molar-refractivity contribution in [3.8, 4) is 0 Å². The van der Waals surface area contributed by atoms with Gasteiger partial charge in [0, 0.05) is 6.20 Å². The van der Waals surface area contributed by atoms with Gasteiger partial charge in [0.2, 0.25) is 10.0 Å². The first-order valence-electron chi connectivity index (χ1n) is 5.85. The van der Waals surface area contributed by atoms with Crippen molar-refractivity contribution in [3.05, 3.63) is 72.4 Å². The number of nitrogens with zero attached hydrogens (tertiary/aromatic N) is 1. The van der Waals surface area contributed by atoms with E-state index in [1.54, 1.807) is 24.4 Å². The van der Waals surface area contributed by atoms with Crippen molar-refractivity contribution in [2.45, 2.75) is 0 Å². The quantitative estimate of drug-likeness (QED) is 0.858. The van der Waals surface area contributed by atoms with Crippen LogP contribution in [0.5, 0.6) is 0 Å². The lowest BCUT2D eigenvalue weighted by Crippen LogP contribution is -2.23. The van der Waals surface area contributed by atoms with Crippen LogP contribution in [0.4, 0.5) is 5.69 Å². The number of hydrogen-bond donors (Lipinski definition) is 0. The third-order valence-electron chi connectivity index (χ3n) is 2.57. The molecule has 0 spiro atoms. The van der Waals surface area contributed by atoms with Crippen molar-refractivity contribution in [2.24, 2.45) is 0 Å². The molecule has 2 rings (SSSR count). The van der Waals surface area contributed by atoms with E-state index < -0.39 is 10.0 Å².